The van der Waals surface area contributed by atoms with Gasteiger partial charge in [0.25, 0.3) is 0 Å². The van der Waals surface area contributed by atoms with E-state index in [0.29, 0.717) is 5.75 Å². The second kappa shape index (κ2) is 2.12. The molecule has 2 heterocycles. The van der Waals surface area contributed by atoms with Crippen molar-refractivity contribution < 1.29 is 5.11 Å². The molecule has 0 radical (unpaired) electrons. The number of hydrogen-bond donors (Lipinski definition) is 1. The average Bonchev–Trinajstić information content (AvgIpc) is 2.35. The fourth-order valence-electron chi connectivity index (χ4n) is 0.784. The predicted octanol–water partition coefficient (Wildman–Crippen LogP) is 3.32. The molecule has 2 rings (SSSR count). The molecule has 52 valence electrons. The molecule has 0 aliphatic heterocycles. The summed E-state index contributed by atoms with van der Waals surface area (Å²) in [5.74, 6) is 0.336. The highest BCUT2D eigenvalue weighted by Crippen LogP contribution is 2.39. The van der Waals surface area contributed by atoms with Crippen molar-refractivity contribution in [1.29, 1.82) is 0 Å². The van der Waals surface area contributed by atoms with Crippen molar-refractivity contribution in [2.45, 2.75) is 0 Å². The summed E-state index contributed by atoms with van der Waals surface area (Å²) in [6.45, 7) is 0. The fourth-order valence-corrected chi connectivity index (χ4v) is 3.13. The molecule has 0 saturated heterocycles. The van der Waals surface area contributed by atoms with Gasteiger partial charge in [-0.2, -0.15) is 0 Å². The van der Waals surface area contributed by atoms with Gasteiger partial charge in [0.2, 0.25) is 0 Å². The Morgan fingerprint density at radius 2 is 2.30 bits per heavy atom. The Labute approximate surface area is 70.5 Å². The maximum absolute atomic E-state index is 9.18. The van der Waals surface area contributed by atoms with Crippen LogP contribution in [-0.2, 0) is 0 Å². The molecule has 0 saturated carbocycles. The lowest BCUT2D eigenvalue weighted by atomic mass is 10.4. The van der Waals surface area contributed by atoms with Crippen molar-refractivity contribution in [3.8, 4) is 5.75 Å². The normalized spacial score (nSPS) is 10.9. The molecule has 2 aromatic rings. The molecule has 10 heavy (non-hydrogen) atoms. The van der Waals surface area contributed by atoms with E-state index >= 15 is 0 Å². The highest BCUT2D eigenvalue weighted by Gasteiger charge is 2.05. The van der Waals surface area contributed by atoms with Crippen LogP contribution in [0.4, 0.5) is 0 Å². The zero-order valence-electron chi connectivity index (χ0n) is 4.80. The van der Waals surface area contributed by atoms with E-state index in [1.54, 1.807) is 11.4 Å². The third kappa shape index (κ3) is 0.820. The molecule has 0 aliphatic rings. The Kier molecular flexibility index (Phi) is 1.37. The molecule has 1 nitrogen and oxygen atoms in total. The number of hydrogen-bond acceptors (Lipinski definition) is 3. The lowest BCUT2D eigenvalue weighted by molar-refractivity contribution is 0.484. The number of fused-ring (bicyclic) bond motifs is 1. The minimum absolute atomic E-state index is 0.336. The van der Waals surface area contributed by atoms with Gasteiger partial charge in [0.1, 0.15) is 5.75 Å². The van der Waals surface area contributed by atoms with Gasteiger partial charge in [0.05, 0.1) is 8.35 Å². The molecule has 4 heteroatoms. The quantitative estimate of drug-likeness (QED) is 0.676. The molecule has 0 aliphatic carbocycles. The summed E-state index contributed by atoms with van der Waals surface area (Å²) in [7, 11) is 0. The van der Waals surface area contributed by atoms with Crippen molar-refractivity contribution in [1.82, 2.24) is 0 Å². The number of thiophene rings is 2. The maximum Gasteiger partial charge on any atom is 0.135 e. The molecule has 0 fully saturated rings. The summed E-state index contributed by atoms with van der Waals surface area (Å²) < 4.78 is 1.82. The van der Waals surface area contributed by atoms with Crippen LogP contribution in [0.25, 0.3) is 9.40 Å². The second-order valence-corrected chi connectivity index (χ2v) is 4.69. The zero-order chi connectivity index (χ0) is 7.14. The third-order valence-corrected chi connectivity index (χ3v) is 3.59. The van der Waals surface area contributed by atoms with Gasteiger partial charge in [-0.15, -0.1) is 22.7 Å². The van der Waals surface area contributed by atoms with Gasteiger partial charge >= 0.3 is 0 Å². The fraction of sp³-hybridized carbons (Fsp3) is 0. The van der Waals surface area contributed by atoms with Crippen LogP contribution in [0.5, 0.6) is 5.75 Å². The highest BCUT2D eigenvalue weighted by molar-refractivity contribution is 7.39. The molecular formula is C6H3ClOS2. The standard InChI is InChI=1S/C6H3ClOS2/c7-5-1-3-4(8)2-9-6(3)10-5/h1-2,8H. The zero-order valence-corrected chi connectivity index (χ0v) is 7.19. The minimum Gasteiger partial charge on any atom is -0.506 e. The Morgan fingerprint density at radius 1 is 1.50 bits per heavy atom. The van der Waals surface area contributed by atoms with Gasteiger partial charge in [0.15, 0.2) is 0 Å². The first kappa shape index (κ1) is 6.46. The summed E-state index contributed by atoms with van der Waals surface area (Å²) in [5, 5.41) is 11.8. The molecule has 1 N–H and O–H groups in total. The van der Waals surface area contributed by atoms with Crippen molar-refractivity contribution in [3.05, 3.63) is 15.8 Å². The topological polar surface area (TPSA) is 20.2 Å². The smallest absolute Gasteiger partial charge is 0.135 e. The molecule has 0 aromatic carbocycles. The molecule has 0 atom stereocenters. The van der Waals surface area contributed by atoms with Crippen LogP contribution >= 0.6 is 34.3 Å². The van der Waals surface area contributed by atoms with Crippen molar-refractivity contribution in [2.24, 2.45) is 0 Å². The number of halogens is 1. The van der Waals surface area contributed by atoms with Gasteiger partial charge in [-0.3, -0.25) is 0 Å². The monoisotopic (exact) mass is 190 g/mol. The predicted molar refractivity (Wildman–Crippen MR) is 46.4 cm³/mol. The van der Waals surface area contributed by atoms with Crippen molar-refractivity contribution >= 4 is 43.7 Å². The van der Waals surface area contributed by atoms with E-state index in [-0.39, 0.29) is 0 Å². The van der Waals surface area contributed by atoms with E-state index in [0.717, 1.165) is 13.7 Å². The van der Waals surface area contributed by atoms with Crippen LogP contribution in [0.15, 0.2) is 11.4 Å². The van der Waals surface area contributed by atoms with Crippen LogP contribution in [0.2, 0.25) is 4.34 Å². The number of rotatable bonds is 0. The summed E-state index contributed by atoms with van der Waals surface area (Å²) in [4.78, 5) is 0. The first-order valence-corrected chi connectivity index (χ1v) is 4.70. The summed E-state index contributed by atoms with van der Waals surface area (Å²) in [6.07, 6.45) is 0. The third-order valence-electron chi connectivity index (χ3n) is 1.22. The van der Waals surface area contributed by atoms with E-state index in [1.165, 1.54) is 22.7 Å². The minimum atomic E-state index is 0.336. The van der Waals surface area contributed by atoms with Crippen LogP contribution in [0, 0.1) is 0 Å². The molecule has 0 unspecified atom stereocenters. The Morgan fingerprint density at radius 3 is 3.00 bits per heavy atom. The molecule has 0 amide bonds. The van der Waals surface area contributed by atoms with Crippen LogP contribution in [0.3, 0.4) is 0 Å². The van der Waals surface area contributed by atoms with Crippen LogP contribution < -0.4 is 0 Å². The summed E-state index contributed by atoms with van der Waals surface area (Å²) >= 11 is 8.73. The molecular weight excluding hydrogens is 188 g/mol. The van der Waals surface area contributed by atoms with Gasteiger partial charge in [-0.1, -0.05) is 11.6 Å². The van der Waals surface area contributed by atoms with Gasteiger partial charge in [0, 0.05) is 10.8 Å². The van der Waals surface area contributed by atoms with Crippen LogP contribution in [-0.4, -0.2) is 5.11 Å². The lowest BCUT2D eigenvalue weighted by Gasteiger charge is -1.77. The SMILES string of the molecule is Oc1csc2sc(Cl)cc12. The first-order chi connectivity index (χ1) is 4.77. The highest BCUT2D eigenvalue weighted by atomic mass is 35.5. The van der Waals surface area contributed by atoms with Gasteiger partial charge in [-0.25, -0.2) is 0 Å². The first-order valence-electron chi connectivity index (χ1n) is 2.63. The lowest BCUT2D eigenvalue weighted by Crippen LogP contribution is -1.49. The van der Waals surface area contributed by atoms with Crippen LogP contribution in [0.1, 0.15) is 0 Å². The summed E-state index contributed by atoms with van der Waals surface area (Å²) in [6, 6.07) is 1.79. The Balaban J connectivity index is 2.90. The van der Waals surface area contributed by atoms with Crippen molar-refractivity contribution in [2.75, 3.05) is 0 Å². The van der Waals surface area contributed by atoms with Crippen molar-refractivity contribution in [3.63, 3.8) is 0 Å². The Hall–Kier alpha value is -0.250. The molecule has 0 spiro atoms. The van der Waals surface area contributed by atoms with E-state index in [2.05, 4.69) is 0 Å². The second-order valence-electron chi connectivity index (χ2n) is 1.87. The Bertz CT molecular complexity index is 363. The van der Waals surface area contributed by atoms with Gasteiger partial charge < -0.3 is 5.11 Å². The van der Waals surface area contributed by atoms with E-state index in [4.69, 9.17) is 11.6 Å². The molecule has 2 aromatic heterocycles. The largest absolute Gasteiger partial charge is 0.506 e. The van der Waals surface area contributed by atoms with E-state index in [1.807, 2.05) is 0 Å². The summed E-state index contributed by atoms with van der Waals surface area (Å²) in [5.41, 5.74) is 0. The van der Waals surface area contributed by atoms with Gasteiger partial charge in [-0.05, 0) is 6.07 Å². The van der Waals surface area contributed by atoms with E-state index in [9.17, 15) is 5.11 Å². The van der Waals surface area contributed by atoms with E-state index < -0.39 is 0 Å². The average molecular weight is 191 g/mol. The molecule has 0 bridgehead atoms. The maximum atomic E-state index is 9.18. The number of aromatic hydroxyl groups is 1.